The predicted octanol–water partition coefficient (Wildman–Crippen LogP) is 3.71. The Hall–Kier alpha value is -3.89. The van der Waals surface area contributed by atoms with Crippen LogP contribution in [0.1, 0.15) is 50.3 Å². The lowest BCUT2D eigenvalue weighted by Gasteiger charge is -2.25. The van der Waals surface area contributed by atoms with Gasteiger partial charge < -0.3 is 24.1 Å². The molecule has 0 amide bonds. The fourth-order valence-corrected chi connectivity index (χ4v) is 5.46. The van der Waals surface area contributed by atoms with E-state index in [0.717, 1.165) is 30.6 Å². The van der Waals surface area contributed by atoms with Gasteiger partial charge in [0, 0.05) is 7.11 Å². The van der Waals surface area contributed by atoms with Crippen LogP contribution in [0.3, 0.4) is 0 Å². The highest BCUT2D eigenvalue weighted by molar-refractivity contribution is 7.07. The second kappa shape index (κ2) is 13.5. The molecule has 2 aromatic carbocycles. The highest BCUT2D eigenvalue weighted by atomic mass is 32.1. The number of hydrogen-bond donors (Lipinski definition) is 1. The molecule has 1 unspecified atom stereocenters. The first-order valence-electron chi connectivity index (χ1n) is 13.2. The van der Waals surface area contributed by atoms with E-state index in [-0.39, 0.29) is 30.1 Å². The van der Waals surface area contributed by atoms with E-state index in [1.807, 2.05) is 24.3 Å². The Kier molecular flexibility index (Phi) is 9.79. The van der Waals surface area contributed by atoms with Gasteiger partial charge in [0.05, 0.1) is 42.2 Å². The molecule has 0 radical (unpaired) electrons. The summed E-state index contributed by atoms with van der Waals surface area (Å²) < 4.78 is 23.5. The summed E-state index contributed by atoms with van der Waals surface area (Å²) in [6.45, 7) is 4.84. The van der Waals surface area contributed by atoms with Gasteiger partial charge in [-0.2, -0.15) is 0 Å². The standard InChI is InChI=1S/C30H34N2O7S/c1-5-6-7-14-38-22-11-9-21(10-12-22)27-26(29(35)39-16-15-36-3)19(2)31-30-32(27)28(34)25(40-30)18-20-8-13-23(33)24(17-20)37-4/h8-13,17-18,27,33H,5-7,14-16H2,1-4H3. The number of phenolic OH excluding ortho intramolecular Hbond substituents is 1. The lowest BCUT2D eigenvalue weighted by Crippen LogP contribution is -2.40. The molecule has 1 aliphatic rings. The van der Waals surface area contributed by atoms with Crippen LogP contribution in [-0.4, -0.2) is 49.7 Å². The molecule has 212 valence electrons. The average molecular weight is 567 g/mol. The fourth-order valence-electron chi connectivity index (χ4n) is 4.42. The van der Waals surface area contributed by atoms with Crippen LogP contribution >= 0.6 is 11.3 Å². The summed E-state index contributed by atoms with van der Waals surface area (Å²) >= 11 is 1.22. The number of thiazole rings is 1. The Labute approximate surface area is 236 Å². The van der Waals surface area contributed by atoms with Crippen LogP contribution in [0.25, 0.3) is 6.08 Å². The zero-order valence-electron chi connectivity index (χ0n) is 23.1. The normalized spacial score (nSPS) is 15.0. The molecule has 0 aliphatic carbocycles. The maximum absolute atomic E-state index is 13.8. The van der Waals surface area contributed by atoms with Gasteiger partial charge in [0.2, 0.25) is 0 Å². The Bertz CT molecular complexity index is 1550. The Morgan fingerprint density at radius 1 is 1.10 bits per heavy atom. The first-order chi connectivity index (χ1) is 19.4. The molecule has 0 fully saturated rings. The maximum Gasteiger partial charge on any atom is 0.338 e. The topological polar surface area (TPSA) is 109 Å². The summed E-state index contributed by atoms with van der Waals surface area (Å²) in [5, 5.41) is 9.94. The van der Waals surface area contributed by atoms with Crippen LogP contribution in [0.5, 0.6) is 17.2 Å². The molecule has 0 spiro atoms. The average Bonchev–Trinajstić information content (AvgIpc) is 3.25. The fraction of sp³-hybridized carbons (Fsp3) is 0.367. The highest BCUT2D eigenvalue weighted by Crippen LogP contribution is 2.32. The van der Waals surface area contributed by atoms with E-state index in [0.29, 0.717) is 33.0 Å². The number of hydrogen-bond acceptors (Lipinski definition) is 9. The van der Waals surface area contributed by atoms with Crippen molar-refractivity contribution in [1.29, 1.82) is 0 Å². The number of aromatic hydroxyl groups is 1. The number of fused-ring (bicyclic) bond motifs is 1. The molecule has 0 bridgehead atoms. The first-order valence-corrected chi connectivity index (χ1v) is 14.0. The number of esters is 1. The molecule has 1 aliphatic heterocycles. The van der Waals surface area contributed by atoms with Gasteiger partial charge in [0.1, 0.15) is 12.4 Å². The van der Waals surface area contributed by atoms with Crippen LogP contribution in [0.2, 0.25) is 0 Å². The van der Waals surface area contributed by atoms with Gasteiger partial charge in [0.15, 0.2) is 16.3 Å². The van der Waals surface area contributed by atoms with Crippen LogP contribution < -0.4 is 24.4 Å². The molecule has 1 N–H and O–H groups in total. The maximum atomic E-state index is 13.8. The zero-order chi connectivity index (χ0) is 28.6. The summed E-state index contributed by atoms with van der Waals surface area (Å²) in [4.78, 5) is 32.2. The number of methoxy groups -OCH3 is 2. The van der Waals surface area contributed by atoms with Gasteiger partial charge in [0.25, 0.3) is 5.56 Å². The number of phenols is 1. The van der Waals surface area contributed by atoms with Crippen molar-refractivity contribution in [3.8, 4) is 17.2 Å². The van der Waals surface area contributed by atoms with E-state index in [2.05, 4.69) is 11.9 Å². The third-order valence-corrected chi connectivity index (χ3v) is 7.46. The van der Waals surface area contributed by atoms with Crippen LogP contribution in [0.15, 0.2) is 63.5 Å². The number of benzene rings is 2. The lowest BCUT2D eigenvalue weighted by molar-refractivity contribution is -0.140. The summed E-state index contributed by atoms with van der Waals surface area (Å²) in [7, 11) is 2.99. The summed E-state index contributed by atoms with van der Waals surface area (Å²) in [5.74, 6) is 0.471. The molecule has 1 aromatic heterocycles. The summed E-state index contributed by atoms with van der Waals surface area (Å²) in [5.41, 5.74) is 1.88. The Morgan fingerprint density at radius 2 is 1.88 bits per heavy atom. The number of nitrogens with zero attached hydrogens (tertiary/aromatic N) is 2. The lowest BCUT2D eigenvalue weighted by atomic mass is 9.96. The van der Waals surface area contributed by atoms with Crippen LogP contribution in [0, 0.1) is 0 Å². The van der Waals surface area contributed by atoms with Gasteiger partial charge in [-0.05, 0) is 54.8 Å². The molecule has 10 heteroatoms. The van der Waals surface area contributed by atoms with E-state index >= 15 is 0 Å². The second-order valence-electron chi connectivity index (χ2n) is 9.27. The van der Waals surface area contributed by atoms with Crippen molar-refractivity contribution < 1.29 is 28.8 Å². The van der Waals surface area contributed by atoms with Crippen molar-refractivity contribution in [2.24, 2.45) is 4.99 Å². The van der Waals surface area contributed by atoms with Crippen molar-refractivity contribution in [3.63, 3.8) is 0 Å². The third-order valence-electron chi connectivity index (χ3n) is 6.48. The van der Waals surface area contributed by atoms with Crippen molar-refractivity contribution in [2.45, 2.75) is 39.2 Å². The summed E-state index contributed by atoms with van der Waals surface area (Å²) in [6.07, 6.45) is 4.90. The smallest absolute Gasteiger partial charge is 0.338 e. The molecule has 4 rings (SSSR count). The van der Waals surface area contributed by atoms with E-state index in [1.54, 1.807) is 25.1 Å². The number of allylic oxidation sites excluding steroid dienone is 1. The number of ether oxygens (including phenoxy) is 4. The molecule has 9 nitrogen and oxygen atoms in total. The summed E-state index contributed by atoms with van der Waals surface area (Å²) in [6, 6.07) is 11.5. The number of rotatable bonds is 12. The van der Waals surface area contributed by atoms with Gasteiger partial charge in [-0.15, -0.1) is 0 Å². The van der Waals surface area contributed by atoms with E-state index in [9.17, 15) is 14.7 Å². The molecule has 0 saturated carbocycles. The van der Waals surface area contributed by atoms with Crippen molar-refractivity contribution in [1.82, 2.24) is 4.57 Å². The van der Waals surface area contributed by atoms with Crippen molar-refractivity contribution in [2.75, 3.05) is 34.0 Å². The van der Waals surface area contributed by atoms with Gasteiger partial charge in [-0.25, -0.2) is 9.79 Å². The number of unbranched alkanes of at least 4 members (excludes halogenated alkanes) is 2. The van der Waals surface area contributed by atoms with Gasteiger partial charge >= 0.3 is 5.97 Å². The second-order valence-corrected chi connectivity index (χ2v) is 10.3. The molecule has 2 heterocycles. The van der Waals surface area contributed by atoms with Crippen molar-refractivity contribution >= 4 is 23.4 Å². The molecule has 3 aromatic rings. The molecule has 1 atom stereocenters. The molecule has 40 heavy (non-hydrogen) atoms. The minimum Gasteiger partial charge on any atom is -0.504 e. The quantitative estimate of drug-likeness (QED) is 0.263. The minimum absolute atomic E-state index is 0.00570. The first kappa shape index (κ1) is 29.1. The monoisotopic (exact) mass is 566 g/mol. The Balaban J connectivity index is 1.78. The van der Waals surface area contributed by atoms with E-state index in [4.69, 9.17) is 18.9 Å². The SMILES string of the molecule is CCCCCOc1ccc(C2C(C(=O)OCCOC)=C(C)N=c3sc(=Cc4ccc(O)c(OC)c4)c(=O)n32)cc1. The van der Waals surface area contributed by atoms with E-state index in [1.165, 1.54) is 36.2 Å². The number of carbonyl (C=O) groups is 1. The highest BCUT2D eigenvalue weighted by Gasteiger charge is 2.33. The van der Waals surface area contributed by atoms with Gasteiger partial charge in [-0.1, -0.05) is 49.3 Å². The molecular formula is C30H34N2O7S. The molecular weight excluding hydrogens is 532 g/mol. The third kappa shape index (κ3) is 6.46. The van der Waals surface area contributed by atoms with Crippen LogP contribution in [0.4, 0.5) is 0 Å². The largest absolute Gasteiger partial charge is 0.504 e. The van der Waals surface area contributed by atoms with E-state index < -0.39 is 12.0 Å². The molecule has 0 saturated heterocycles. The Morgan fingerprint density at radius 3 is 2.58 bits per heavy atom. The zero-order valence-corrected chi connectivity index (χ0v) is 24.0. The minimum atomic E-state index is -0.739. The predicted molar refractivity (Wildman–Crippen MR) is 153 cm³/mol. The van der Waals surface area contributed by atoms with Crippen LogP contribution in [-0.2, 0) is 14.3 Å². The number of aromatic nitrogens is 1. The number of carbonyl (C=O) groups excluding carboxylic acids is 1. The van der Waals surface area contributed by atoms with Crippen molar-refractivity contribution in [3.05, 3.63) is 84.5 Å². The van der Waals surface area contributed by atoms with Gasteiger partial charge in [-0.3, -0.25) is 9.36 Å².